The number of amides is 2. The van der Waals surface area contributed by atoms with Gasteiger partial charge in [-0.15, -0.1) is 23.5 Å². The molecule has 3 heterocycles. The Bertz CT molecular complexity index is 1210. The Hall–Kier alpha value is -3.34. The first-order valence-electron chi connectivity index (χ1n) is 11.8. The Balaban J connectivity index is 1.26. The second-order valence-corrected chi connectivity index (χ2v) is 10.8. The van der Waals surface area contributed by atoms with Crippen LogP contribution in [0.5, 0.6) is 0 Å². The van der Waals surface area contributed by atoms with Gasteiger partial charge < -0.3 is 20.1 Å². The van der Waals surface area contributed by atoms with Crippen molar-refractivity contribution in [2.75, 3.05) is 11.5 Å². The lowest BCUT2D eigenvalue weighted by Crippen LogP contribution is -2.76. The minimum atomic E-state index is -1.15. The first kappa shape index (κ1) is 25.3. The highest BCUT2D eigenvalue weighted by Crippen LogP contribution is 2.39. The minimum Gasteiger partial charge on any atom is -0.451 e. The second kappa shape index (κ2) is 11.4. The molecule has 37 heavy (non-hydrogen) atoms. The Morgan fingerprint density at radius 3 is 2.30 bits per heavy atom. The summed E-state index contributed by atoms with van der Waals surface area (Å²) in [6, 6.07) is 20.4. The second-order valence-electron chi connectivity index (χ2n) is 8.64. The van der Waals surface area contributed by atoms with Crippen LogP contribution in [0.1, 0.15) is 17.2 Å². The van der Waals surface area contributed by atoms with Gasteiger partial charge in [0.15, 0.2) is 12.1 Å². The molecule has 0 spiro atoms. The summed E-state index contributed by atoms with van der Waals surface area (Å²) >= 11 is 2.69. The number of pyridine rings is 1. The minimum absolute atomic E-state index is 0.148. The van der Waals surface area contributed by atoms with Crippen molar-refractivity contribution < 1.29 is 24.2 Å². The molecule has 1 aromatic heterocycles. The van der Waals surface area contributed by atoms with Gasteiger partial charge in [-0.05, 0) is 23.3 Å². The number of carbonyl (C=O) groups is 3. The van der Waals surface area contributed by atoms with Crippen LogP contribution in [0.15, 0.2) is 90.1 Å². The van der Waals surface area contributed by atoms with Crippen LogP contribution < -0.4 is 5.32 Å². The van der Waals surface area contributed by atoms with Gasteiger partial charge in [0.2, 0.25) is 11.8 Å². The number of thioether (sulfide) groups is 2. The molecule has 2 saturated heterocycles. The summed E-state index contributed by atoms with van der Waals surface area (Å²) in [6.45, 7) is 0. The van der Waals surface area contributed by atoms with E-state index in [0.29, 0.717) is 0 Å². The van der Waals surface area contributed by atoms with Gasteiger partial charge in [-0.1, -0.05) is 60.7 Å². The Morgan fingerprint density at radius 2 is 1.68 bits per heavy atom. The van der Waals surface area contributed by atoms with Gasteiger partial charge >= 0.3 is 5.97 Å². The highest BCUT2D eigenvalue weighted by Gasteiger charge is 2.58. The number of rotatable bonds is 8. The number of hydrogen-bond acceptors (Lipinski definition) is 8. The molecule has 4 atom stereocenters. The van der Waals surface area contributed by atoms with Crippen molar-refractivity contribution in [3.05, 3.63) is 96.3 Å². The zero-order valence-electron chi connectivity index (χ0n) is 19.7. The number of benzene rings is 2. The lowest BCUT2D eigenvalue weighted by Gasteiger charge is -2.53. The molecule has 0 bridgehead atoms. The van der Waals surface area contributed by atoms with Gasteiger partial charge in [-0.3, -0.25) is 14.6 Å². The maximum Gasteiger partial charge on any atom is 0.332 e. The van der Waals surface area contributed by atoms with Crippen LogP contribution in [0.2, 0.25) is 0 Å². The molecule has 5 rings (SSSR count). The summed E-state index contributed by atoms with van der Waals surface area (Å²) in [5, 5.41) is 13.0. The van der Waals surface area contributed by atoms with Crippen LogP contribution in [0, 0.1) is 0 Å². The van der Waals surface area contributed by atoms with Crippen LogP contribution in [0.25, 0.3) is 0 Å². The standard InChI is InChI=1S/C27H25N3O5S2/c31-20-15-37-26-22(29-21(32)16-36-19-11-13-28-14-12-19)25(33)30(26)23(20)27(34)35-24(17-7-3-1-4-8-17)18-9-5-2-6-10-18/h1-14,20,22-24,26,31H,15-16H2,(H,29,32)/t20?,22-,23-,26-/m1/s1. The fourth-order valence-electron chi connectivity index (χ4n) is 4.40. The fraction of sp³-hybridized carbons (Fsp3) is 0.259. The SMILES string of the molecule is O=C(CSc1ccncc1)N[C@@H]1C(=O)N2[C@@H]1SCC(O)[C@@H]2C(=O)OC(c1ccccc1)c1ccccc1. The summed E-state index contributed by atoms with van der Waals surface area (Å²) in [5.74, 6) is -0.972. The third-order valence-electron chi connectivity index (χ3n) is 6.20. The monoisotopic (exact) mass is 535 g/mol. The zero-order chi connectivity index (χ0) is 25.8. The summed E-state index contributed by atoms with van der Waals surface area (Å²) in [4.78, 5) is 45.2. The molecule has 0 radical (unpaired) electrons. The van der Waals surface area contributed by atoms with Gasteiger partial charge in [0, 0.05) is 23.0 Å². The van der Waals surface area contributed by atoms with E-state index in [1.54, 1.807) is 24.5 Å². The van der Waals surface area contributed by atoms with Gasteiger partial charge in [0.05, 0.1) is 11.9 Å². The van der Waals surface area contributed by atoms with Crippen molar-refractivity contribution in [2.24, 2.45) is 0 Å². The Labute approximate surface area is 222 Å². The largest absolute Gasteiger partial charge is 0.451 e. The summed E-state index contributed by atoms with van der Waals surface area (Å²) in [6.07, 6.45) is 1.53. The molecule has 2 amide bonds. The van der Waals surface area contributed by atoms with E-state index in [0.717, 1.165) is 16.0 Å². The zero-order valence-corrected chi connectivity index (χ0v) is 21.3. The van der Waals surface area contributed by atoms with Crippen molar-refractivity contribution in [3.63, 3.8) is 0 Å². The van der Waals surface area contributed by atoms with E-state index >= 15 is 0 Å². The Morgan fingerprint density at radius 1 is 1.05 bits per heavy atom. The summed E-state index contributed by atoms with van der Waals surface area (Å²) in [5.41, 5.74) is 1.56. The lowest BCUT2D eigenvalue weighted by molar-refractivity contribution is -0.173. The number of ether oxygens (including phenoxy) is 1. The molecule has 8 nitrogen and oxygen atoms in total. The molecule has 2 aliphatic heterocycles. The van der Waals surface area contributed by atoms with Crippen LogP contribution in [-0.4, -0.2) is 67.8 Å². The van der Waals surface area contributed by atoms with Crippen LogP contribution in [0.4, 0.5) is 0 Å². The number of nitrogens with one attached hydrogen (secondary N) is 1. The number of aliphatic hydroxyl groups is 1. The van der Waals surface area contributed by atoms with E-state index in [9.17, 15) is 19.5 Å². The van der Waals surface area contributed by atoms with Crippen molar-refractivity contribution in [2.45, 2.75) is 34.6 Å². The van der Waals surface area contributed by atoms with E-state index in [-0.39, 0.29) is 17.4 Å². The molecule has 10 heteroatoms. The predicted octanol–water partition coefficient (Wildman–Crippen LogP) is 2.64. The van der Waals surface area contributed by atoms with Gasteiger partial charge in [0.25, 0.3) is 0 Å². The number of nitrogens with zero attached hydrogens (tertiary/aromatic N) is 2. The fourth-order valence-corrected chi connectivity index (χ4v) is 6.45. The van der Waals surface area contributed by atoms with Crippen LogP contribution in [-0.2, 0) is 19.1 Å². The molecule has 2 aromatic carbocycles. The van der Waals surface area contributed by atoms with Crippen LogP contribution >= 0.6 is 23.5 Å². The topological polar surface area (TPSA) is 109 Å². The third kappa shape index (κ3) is 5.51. The van der Waals surface area contributed by atoms with Gasteiger partial charge in [-0.2, -0.15) is 0 Å². The molecular weight excluding hydrogens is 510 g/mol. The maximum absolute atomic E-state index is 13.4. The maximum atomic E-state index is 13.4. The number of fused-ring (bicyclic) bond motifs is 1. The smallest absolute Gasteiger partial charge is 0.332 e. The molecule has 0 saturated carbocycles. The molecule has 2 fully saturated rings. The molecule has 0 aliphatic carbocycles. The highest BCUT2D eigenvalue weighted by molar-refractivity contribution is 8.00. The number of aromatic nitrogens is 1. The van der Waals surface area contributed by atoms with Crippen molar-refractivity contribution in [1.29, 1.82) is 0 Å². The molecule has 2 N–H and O–H groups in total. The first-order chi connectivity index (χ1) is 18.0. The average molecular weight is 536 g/mol. The van der Waals surface area contributed by atoms with E-state index < -0.39 is 41.5 Å². The number of β-lactam (4-membered cyclic amide) rings is 1. The number of aliphatic hydroxyl groups excluding tert-OH is 1. The summed E-state index contributed by atoms with van der Waals surface area (Å²) < 4.78 is 5.94. The molecule has 3 aromatic rings. The predicted molar refractivity (Wildman–Crippen MR) is 141 cm³/mol. The normalized spacial score (nSPS) is 22.6. The quantitative estimate of drug-likeness (QED) is 0.258. The van der Waals surface area contributed by atoms with Crippen molar-refractivity contribution in [3.8, 4) is 0 Å². The number of carbonyl (C=O) groups excluding carboxylic acids is 3. The molecule has 2 aliphatic rings. The van der Waals surface area contributed by atoms with E-state index in [1.807, 2.05) is 60.7 Å². The van der Waals surface area contributed by atoms with Crippen molar-refractivity contribution >= 4 is 41.3 Å². The van der Waals surface area contributed by atoms with E-state index in [1.165, 1.54) is 28.4 Å². The molecule has 1 unspecified atom stereocenters. The first-order valence-corrected chi connectivity index (χ1v) is 13.8. The number of esters is 1. The highest BCUT2D eigenvalue weighted by atomic mass is 32.2. The van der Waals surface area contributed by atoms with Gasteiger partial charge in [-0.25, -0.2) is 4.79 Å². The van der Waals surface area contributed by atoms with Crippen molar-refractivity contribution in [1.82, 2.24) is 15.2 Å². The molecular formula is C27H25N3O5S2. The third-order valence-corrected chi connectivity index (χ3v) is 8.58. The Kier molecular flexibility index (Phi) is 7.78. The lowest BCUT2D eigenvalue weighted by atomic mass is 9.98. The van der Waals surface area contributed by atoms with Crippen LogP contribution in [0.3, 0.4) is 0 Å². The van der Waals surface area contributed by atoms with Gasteiger partial charge in [0.1, 0.15) is 11.4 Å². The number of hydrogen-bond donors (Lipinski definition) is 2. The average Bonchev–Trinajstić information content (AvgIpc) is 2.94. The molecule has 190 valence electrons. The van der Waals surface area contributed by atoms with E-state index in [4.69, 9.17) is 4.74 Å². The summed E-state index contributed by atoms with van der Waals surface area (Å²) in [7, 11) is 0. The van der Waals surface area contributed by atoms with E-state index in [2.05, 4.69) is 10.3 Å².